The highest BCUT2D eigenvalue weighted by Gasteiger charge is 2.26. The van der Waals surface area contributed by atoms with Crippen molar-refractivity contribution >= 4 is 23.1 Å². The number of carbonyl (C=O) groups is 1. The Hall–Kier alpha value is -3.81. The lowest BCUT2D eigenvalue weighted by atomic mass is 9.95. The molecule has 3 N–H and O–H groups in total. The second-order valence-electron chi connectivity index (χ2n) is 9.27. The van der Waals surface area contributed by atoms with Crippen LogP contribution in [0.4, 0.5) is 17.2 Å². The fraction of sp³-hybridized carbons (Fsp3) is 0.370. The van der Waals surface area contributed by atoms with Crippen LogP contribution in [-0.4, -0.2) is 35.1 Å². The van der Waals surface area contributed by atoms with Crippen molar-refractivity contribution in [2.24, 2.45) is 0 Å². The van der Waals surface area contributed by atoms with E-state index in [1.54, 1.807) is 6.92 Å². The van der Waals surface area contributed by atoms with Gasteiger partial charge in [0, 0.05) is 18.8 Å². The van der Waals surface area contributed by atoms with Gasteiger partial charge < -0.3 is 15.5 Å². The van der Waals surface area contributed by atoms with Crippen LogP contribution in [-0.2, 0) is 17.8 Å². The number of rotatable bonds is 7. The molecule has 0 saturated carbocycles. The predicted octanol–water partition coefficient (Wildman–Crippen LogP) is 3.10. The molecule has 184 valence electrons. The second kappa shape index (κ2) is 10.2. The molecule has 1 amide bonds. The van der Waals surface area contributed by atoms with Gasteiger partial charge in [-0.15, -0.1) is 0 Å². The number of H-pyrrole nitrogens is 1. The summed E-state index contributed by atoms with van der Waals surface area (Å²) in [5, 5.41) is 0. The molecule has 3 aromatic rings. The Balaban J connectivity index is 1.63. The summed E-state index contributed by atoms with van der Waals surface area (Å²) in [7, 11) is 0. The molecule has 4 rings (SSSR count). The van der Waals surface area contributed by atoms with Gasteiger partial charge in [0.1, 0.15) is 5.82 Å². The van der Waals surface area contributed by atoms with Crippen molar-refractivity contribution < 1.29 is 4.79 Å². The molecule has 0 unspecified atom stereocenters. The molecular formula is C27H33N5O3. The van der Waals surface area contributed by atoms with E-state index in [9.17, 15) is 14.4 Å². The summed E-state index contributed by atoms with van der Waals surface area (Å²) >= 11 is 0. The molecule has 35 heavy (non-hydrogen) atoms. The highest BCUT2D eigenvalue weighted by atomic mass is 16.2. The average molecular weight is 476 g/mol. The van der Waals surface area contributed by atoms with E-state index in [0.29, 0.717) is 5.92 Å². The first-order valence-corrected chi connectivity index (χ1v) is 12.1. The Labute approximate surface area is 205 Å². The van der Waals surface area contributed by atoms with E-state index in [0.717, 1.165) is 30.6 Å². The molecule has 1 aliphatic rings. The number of aromatic nitrogens is 2. The van der Waals surface area contributed by atoms with Gasteiger partial charge >= 0.3 is 5.69 Å². The number of nitrogens with two attached hydrogens (primary N) is 1. The van der Waals surface area contributed by atoms with Crippen molar-refractivity contribution in [2.75, 3.05) is 35.2 Å². The molecule has 2 heterocycles. The lowest BCUT2D eigenvalue weighted by Crippen LogP contribution is -2.46. The number of nitrogens with one attached hydrogen (secondary N) is 1. The van der Waals surface area contributed by atoms with Crippen LogP contribution in [0, 0.1) is 0 Å². The fourth-order valence-corrected chi connectivity index (χ4v) is 4.69. The Morgan fingerprint density at radius 3 is 2.57 bits per heavy atom. The zero-order valence-corrected chi connectivity index (χ0v) is 20.6. The number of amides is 1. The first-order valence-electron chi connectivity index (χ1n) is 12.1. The van der Waals surface area contributed by atoms with Crippen LogP contribution < -0.4 is 26.8 Å². The number of fused-ring (bicyclic) bond motifs is 1. The molecular weight excluding hydrogens is 442 g/mol. The van der Waals surface area contributed by atoms with E-state index in [2.05, 4.69) is 41.9 Å². The minimum absolute atomic E-state index is 0.0143. The van der Waals surface area contributed by atoms with Gasteiger partial charge in [-0.2, -0.15) is 0 Å². The smallest absolute Gasteiger partial charge is 0.330 e. The van der Waals surface area contributed by atoms with E-state index in [1.807, 2.05) is 30.3 Å². The van der Waals surface area contributed by atoms with Crippen LogP contribution in [0.3, 0.4) is 0 Å². The standard InChI is InChI=1S/C27H33N5O3/c1-4-31(23(33)17-30-14-8-11-21-15-20(18(2)3)12-13-22(21)30)24-25(28)32(27(35)29-26(24)34)16-19-9-6-5-7-10-19/h5-7,9-10,12-13,15,18H,4,8,11,14,16-17,28H2,1-3H3,(H,29,34,35). The zero-order valence-electron chi connectivity index (χ0n) is 20.6. The number of hydrogen-bond donors (Lipinski definition) is 2. The highest BCUT2D eigenvalue weighted by molar-refractivity contribution is 5.98. The van der Waals surface area contributed by atoms with E-state index < -0.39 is 11.2 Å². The number of aryl methyl sites for hydroxylation is 1. The third-order valence-electron chi connectivity index (χ3n) is 6.60. The van der Waals surface area contributed by atoms with Crippen LogP contribution in [0.2, 0.25) is 0 Å². The predicted molar refractivity (Wildman–Crippen MR) is 140 cm³/mol. The van der Waals surface area contributed by atoms with Crippen molar-refractivity contribution in [1.29, 1.82) is 0 Å². The van der Waals surface area contributed by atoms with Crippen LogP contribution >= 0.6 is 0 Å². The summed E-state index contributed by atoms with van der Waals surface area (Å²) in [6.45, 7) is 7.47. The summed E-state index contributed by atoms with van der Waals surface area (Å²) in [5.74, 6) is 0.183. The normalized spacial score (nSPS) is 13.1. The van der Waals surface area contributed by atoms with Gasteiger partial charge in [-0.3, -0.25) is 19.1 Å². The number of likely N-dealkylation sites (N-methyl/N-ethyl adjacent to an activating group) is 1. The third-order valence-corrected chi connectivity index (χ3v) is 6.60. The molecule has 0 saturated heterocycles. The maximum absolute atomic E-state index is 13.5. The summed E-state index contributed by atoms with van der Waals surface area (Å²) in [4.78, 5) is 44.6. The molecule has 1 aromatic heterocycles. The minimum Gasteiger partial charge on any atom is -0.383 e. The molecule has 0 atom stereocenters. The number of aromatic amines is 1. The topological polar surface area (TPSA) is 104 Å². The van der Waals surface area contributed by atoms with Crippen LogP contribution in [0.25, 0.3) is 0 Å². The maximum atomic E-state index is 13.5. The average Bonchev–Trinajstić information content (AvgIpc) is 2.84. The van der Waals surface area contributed by atoms with Gasteiger partial charge in [0.25, 0.3) is 5.56 Å². The third kappa shape index (κ3) is 5.01. The van der Waals surface area contributed by atoms with Crippen molar-refractivity contribution in [3.05, 3.63) is 86.1 Å². The van der Waals surface area contributed by atoms with E-state index in [-0.39, 0.29) is 37.0 Å². The van der Waals surface area contributed by atoms with E-state index in [1.165, 1.54) is 20.6 Å². The van der Waals surface area contributed by atoms with Crippen LogP contribution in [0.15, 0.2) is 58.1 Å². The maximum Gasteiger partial charge on any atom is 0.330 e. The van der Waals surface area contributed by atoms with Crippen molar-refractivity contribution in [3.63, 3.8) is 0 Å². The summed E-state index contributed by atoms with van der Waals surface area (Å²) in [5.41, 5.74) is 9.53. The van der Waals surface area contributed by atoms with Gasteiger partial charge in [-0.25, -0.2) is 4.79 Å². The van der Waals surface area contributed by atoms with Crippen molar-refractivity contribution in [3.8, 4) is 0 Å². The molecule has 0 spiro atoms. The molecule has 0 radical (unpaired) electrons. The van der Waals surface area contributed by atoms with E-state index in [4.69, 9.17) is 5.73 Å². The molecule has 0 fully saturated rings. The number of hydrogen-bond acceptors (Lipinski definition) is 5. The SMILES string of the molecule is CCN(C(=O)CN1CCCc2cc(C(C)C)ccc21)c1c(N)n(Cc2ccccc2)c(=O)[nH]c1=O. The van der Waals surface area contributed by atoms with Crippen LogP contribution in [0.5, 0.6) is 0 Å². The zero-order chi connectivity index (χ0) is 25.1. The van der Waals surface area contributed by atoms with Crippen molar-refractivity contribution in [1.82, 2.24) is 9.55 Å². The Kier molecular flexibility index (Phi) is 7.10. The lowest BCUT2D eigenvalue weighted by Gasteiger charge is -2.33. The molecule has 8 nitrogen and oxygen atoms in total. The Morgan fingerprint density at radius 2 is 1.89 bits per heavy atom. The monoisotopic (exact) mass is 475 g/mol. The van der Waals surface area contributed by atoms with Gasteiger partial charge in [-0.1, -0.05) is 56.3 Å². The largest absolute Gasteiger partial charge is 0.383 e. The van der Waals surface area contributed by atoms with Crippen molar-refractivity contribution in [2.45, 2.75) is 46.1 Å². The van der Waals surface area contributed by atoms with E-state index >= 15 is 0 Å². The van der Waals surface area contributed by atoms with Gasteiger partial charge in [-0.05, 0) is 48.4 Å². The van der Waals surface area contributed by atoms with Gasteiger partial charge in [0.15, 0.2) is 5.69 Å². The molecule has 0 bridgehead atoms. The van der Waals surface area contributed by atoms with Gasteiger partial charge in [0.2, 0.25) is 5.91 Å². The Morgan fingerprint density at radius 1 is 1.14 bits per heavy atom. The Bertz CT molecular complexity index is 1330. The molecule has 8 heteroatoms. The number of benzene rings is 2. The van der Waals surface area contributed by atoms with Gasteiger partial charge in [0.05, 0.1) is 13.1 Å². The fourth-order valence-electron chi connectivity index (χ4n) is 4.69. The number of nitrogen functional groups attached to an aromatic ring is 1. The minimum atomic E-state index is -0.660. The second-order valence-corrected chi connectivity index (χ2v) is 9.27. The summed E-state index contributed by atoms with van der Waals surface area (Å²) in [6.07, 6.45) is 1.94. The summed E-state index contributed by atoms with van der Waals surface area (Å²) < 4.78 is 1.30. The number of nitrogens with zero attached hydrogens (tertiary/aromatic N) is 3. The molecule has 1 aliphatic heterocycles. The summed E-state index contributed by atoms with van der Waals surface area (Å²) in [6, 6.07) is 15.8. The highest BCUT2D eigenvalue weighted by Crippen LogP contribution is 2.30. The molecule has 0 aliphatic carbocycles. The first-order chi connectivity index (χ1) is 16.8. The number of anilines is 3. The quantitative estimate of drug-likeness (QED) is 0.546. The number of carbonyl (C=O) groups excluding carboxylic acids is 1. The van der Waals surface area contributed by atoms with Crippen LogP contribution in [0.1, 0.15) is 49.8 Å². The molecule has 2 aromatic carbocycles. The lowest BCUT2D eigenvalue weighted by molar-refractivity contribution is -0.117. The first kappa shape index (κ1) is 24.3.